The van der Waals surface area contributed by atoms with Crippen molar-refractivity contribution in [2.24, 2.45) is 58.2 Å². The number of carbonyl (C=O) groups is 1. The highest BCUT2D eigenvalue weighted by Crippen LogP contribution is 2.68. The molecule has 0 radical (unpaired) electrons. The van der Waals surface area contributed by atoms with Gasteiger partial charge in [-0.2, -0.15) is 0 Å². The molecule has 4 nitrogen and oxygen atoms in total. The van der Waals surface area contributed by atoms with Gasteiger partial charge in [0.25, 0.3) is 0 Å². The first-order valence-electron chi connectivity index (χ1n) is 17.7. The molecule has 0 saturated heterocycles. The number of fused-ring (bicyclic) bond motifs is 7. The first-order chi connectivity index (χ1) is 19.1. The van der Waals surface area contributed by atoms with E-state index in [1.54, 1.807) is 0 Å². The molecule has 0 aromatic rings. The average Bonchev–Trinajstić information content (AvgIpc) is 3.29. The number of aliphatic hydroxyl groups is 2. The number of hydrogen-bond donors (Lipinski definition) is 2. The predicted molar refractivity (Wildman–Crippen MR) is 159 cm³/mol. The van der Waals surface area contributed by atoms with Crippen LogP contribution in [-0.4, -0.2) is 34.0 Å². The smallest absolute Gasteiger partial charge is 0.306 e. The minimum absolute atomic E-state index is 0.0554. The second-order valence-electron chi connectivity index (χ2n) is 16.5. The molecule has 4 heteroatoms. The van der Waals surface area contributed by atoms with E-state index in [1.165, 1.54) is 57.8 Å². The van der Waals surface area contributed by atoms with Gasteiger partial charge in [0.1, 0.15) is 5.60 Å². The van der Waals surface area contributed by atoms with Crippen LogP contribution >= 0.6 is 0 Å². The molecule has 40 heavy (non-hydrogen) atoms. The van der Waals surface area contributed by atoms with Gasteiger partial charge in [0, 0.05) is 6.42 Å². The Bertz CT molecular complexity index is 918. The molecule has 13 atom stereocenters. The van der Waals surface area contributed by atoms with Crippen LogP contribution in [0, 0.1) is 58.2 Å². The van der Waals surface area contributed by atoms with Gasteiger partial charge in [-0.3, -0.25) is 4.79 Å². The van der Waals surface area contributed by atoms with Crippen molar-refractivity contribution in [3.8, 4) is 0 Å². The van der Waals surface area contributed by atoms with Crippen LogP contribution in [0.2, 0.25) is 0 Å². The maximum atomic E-state index is 13.1. The zero-order valence-electron chi connectivity index (χ0n) is 26.2. The Morgan fingerprint density at radius 1 is 0.875 bits per heavy atom. The standard InChI is InChI=1S/C36H60O4/c1-5-36(19-14-24-9-7-10-25(36)20-24)40-32(39)11-6-8-23(2)28-12-13-29-33-30(16-18-35(28,29)4)34(3)17-15-27(37)21-26(34)22-31(33)38/h23-31,33,37-38H,5-22H2,1-4H3/t23-,24+,25+,26+,27-,28-,29+,30+,31-,33+,34+,35-,36+/m1/s1. The summed E-state index contributed by atoms with van der Waals surface area (Å²) in [6.45, 7) is 9.75. The third kappa shape index (κ3) is 4.91. The molecule has 6 fully saturated rings. The second-order valence-corrected chi connectivity index (χ2v) is 16.5. The molecule has 6 aliphatic carbocycles. The Kier molecular flexibility index (Phi) is 8.21. The molecule has 6 saturated carbocycles. The molecule has 6 aliphatic rings. The maximum Gasteiger partial charge on any atom is 0.306 e. The van der Waals surface area contributed by atoms with E-state index >= 15 is 0 Å². The van der Waals surface area contributed by atoms with E-state index in [0.29, 0.717) is 58.7 Å². The summed E-state index contributed by atoms with van der Waals surface area (Å²) in [5.74, 6) is 4.97. The van der Waals surface area contributed by atoms with Gasteiger partial charge in [-0.15, -0.1) is 0 Å². The van der Waals surface area contributed by atoms with Crippen LogP contribution in [0.3, 0.4) is 0 Å². The number of carbonyl (C=O) groups excluding carboxylic acids is 1. The van der Waals surface area contributed by atoms with Crippen molar-refractivity contribution in [1.29, 1.82) is 0 Å². The Balaban J connectivity index is 1.05. The third-order valence-corrected chi connectivity index (χ3v) is 14.9. The highest BCUT2D eigenvalue weighted by atomic mass is 16.6. The maximum absolute atomic E-state index is 13.1. The first kappa shape index (κ1) is 29.5. The number of hydrogen-bond acceptors (Lipinski definition) is 4. The van der Waals surface area contributed by atoms with Crippen LogP contribution in [0.25, 0.3) is 0 Å². The van der Waals surface area contributed by atoms with E-state index in [4.69, 9.17) is 4.74 Å². The fourth-order valence-electron chi connectivity index (χ4n) is 12.6. The van der Waals surface area contributed by atoms with Gasteiger partial charge < -0.3 is 14.9 Å². The largest absolute Gasteiger partial charge is 0.459 e. The van der Waals surface area contributed by atoms with E-state index < -0.39 is 0 Å². The lowest BCUT2D eigenvalue weighted by Crippen LogP contribution is -2.58. The summed E-state index contributed by atoms with van der Waals surface area (Å²) < 4.78 is 6.37. The van der Waals surface area contributed by atoms with Crippen molar-refractivity contribution in [3.05, 3.63) is 0 Å². The van der Waals surface area contributed by atoms with Crippen LogP contribution < -0.4 is 0 Å². The summed E-state index contributed by atoms with van der Waals surface area (Å²) in [5, 5.41) is 21.9. The van der Waals surface area contributed by atoms with Gasteiger partial charge in [0.2, 0.25) is 0 Å². The Morgan fingerprint density at radius 3 is 2.45 bits per heavy atom. The van der Waals surface area contributed by atoms with Crippen molar-refractivity contribution >= 4 is 5.97 Å². The lowest BCUT2D eigenvalue weighted by atomic mass is 9.43. The molecule has 0 aromatic carbocycles. The summed E-state index contributed by atoms with van der Waals surface area (Å²) >= 11 is 0. The Labute approximate surface area is 244 Å². The van der Waals surface area contributed by atoms with Gasteiger partial charge in [0.05, 0.1) is 12.2 Å². The van der Waals surface area contributed by atoms with Crippen LogP contribution in [0.5, 0.6) is 0 Å². The number of ether oxygens (including phenoxy) is 1. The molecule has 0 amide bonds. The molecule has 6 rings (SSSR count). The molecule has 2 bridgehead atoms. The molecule has 0 aliphatic heterocycles. The summed E-state index contributed by atoms with van der Waals surface area (Å²) in [6, 6.07) is 0. The molecule has 0 aromatic heterocycles. The van der Waals surface area contributed by atoms with Gasteiger partial charge in [-0.05, 0) is 154 Å². The van der Waals surface area contributed by atoms with Gasteiger partial charge >= 0.3 is 5.97 Å². The first-order valence-corrected chi connectivity index (χ1v) is 17.7. The zero-order valence-corrected chi connectivity index (χ0v) is 26.2. The SMILES string of the molecule is CC[C@]1(OC(=O)CCC[C@@H](C)[C@H]2CC[C@H]3[C@@H]4[C@H](O)C[C@@H]5C[C@H](O)CC[C@]5(C)[C@H]4CC[C@]23C)CC[C@@H]2CCC[C@H]1C2. The highest BCUT2D eigenvalue weighted by molar-refractivity contribution is 5.70. The summed E-state index contributed by atoms with van der Waals surface area (Å²) in [4.78, 5) is 13.1. The monoisotopic (exact) mass is 556 g/mol. The molecular weight excluding hydrogens is 496 g/mol. The van der Waals surface area contributed by atoms with Crippen molar-refractivity contribution in [3.63, 3.8) is 0 Å². The molecule has 0 spiro atoms. The van der Waals surface area contributed by atoms with Gasteiger partial charge in [-0.1, -0.05) is 40.5 Å². The fourth-order valence-corrected chi connectivity index (χ4v) is 12.6. The highest BCUT2D eigenvalue weighted by Gasteiger charge is 2.62. The second kappa shape index (κ2) is 11.1. The fraction of sp³-hybridized carbons (Fsp3) is 0.972. The average molecular weight is 557 g/mol. The van der Waals surface area contributed by atoms with Gasteiger partial charge in [-0.25, -0.2) is 0 Å². The normalized spacial score (nSPS) is 50.8. The predicted octanol–water partition coefficient (Wildman–Crippen LogP) is 8.08. The third-order valence-electron chi connectivity index (χ3n) is 14.9. The van der Waals surface area contributed by atoms with E-state index in [1.807, 2.05) is 0 Å². The molecule has 2 N–H and O–H groups in total. The Morgan fingerprint density at radius 2 is 1.65 bits per heavy atom. The van der Waals surface area contributed by atoms with E-state index in [2.05, 4.69) is 27.7 Å². The topological polar surface area (TPSA) is 66.8 Å². The molecule has 0 unspecified atom stereocenters. The van der Waals surface area contributed by atoms with E-state index in [9.17, 15) is 15.0 Å². The summed E-state index contributed by atoms with van der Waals surface area (Å²) in [7, 11) is 0. The molecule has 228 valence electrons. The van der Waals surface area contributed by atoms with Crippen LogP contribution in [0.15, 0.2) is 0 Å². The van der Waals surface area contributed by atoms with Crippen molar-refractivity contribution in [2.45, 2.75) is 161 Å². The number of aliphatic hydroxyl groups excluding tert-OH is 2. The zero-order chi connectivity index (χ0) is 28.3. The quantitative estimate of drug-likeness (QED) is 0.311. The lowest BCUT2D eigenvalue weighted by Gasteiger charge is -2.62. The van der Waals surface area contributed by atoms with Crippen LogP contribution in [-0.2, 0) is 9.53 Å². The molecule has 0 heterocycles. The van der Waals surface area contributed by atoms with Crippen molar-refractivity contribution < 1.29 is 19.7 Å². The molecular formula is C36H60O4. The number of rotatable bonds is 7. The van der Waals surface area contributed by atoms with Crippen molar-refractivity contribution in [2.75, 3.05) is 0 Å². The van der Waals surface area contributed by atoms with Gasteiger partial charge in [0.15, 0.2) is 0 Å². The van der Waals surface area contributed by atoms with E-state index in [0.717, 1.165) is 57.3 Å². The Hall–Kier alpha value is -0.610. The summed E-state index contributed by atoms with van der Waals surface area (Å²) in [5.41, 5.74) is 0.421. The lowest BCUT2D eigenvalue weighted by molar-refractivity contribution is -0.177. The minimum Gasteiger partial charge on any atom is -0.459 e. The van der Waals surface area contributed by atoms with E-state index in [-0.39, 0.29) is 23.8 Å². The summed E-state index contributed by atoms with van der Waals surface area (Å²) in [6.07, 6.45) is 19.7. The van der Waals surface area contributed by atoms with Crippen LogP contribution in [0.1, 0.15) is 143 Å². The number of esters is 1. The minimum atomic E-state index is -0.202. The van der Waals surface area contributed by atoms with Crippen LogP contribution in [0.4, 0.5) is 0 Å². The van der Waals surface area contributed by atoms with Crippen molar-refractivity contribution in [1.82, 2.24) is 0 Å².